The number of nitrogens with one attached hydrogen (secondary N) is 1. The Labute approximate surface area is 143 Å². The van der Waals surface area contributed by atoms with Crippen LogP contribution in [0.1, 0.15) is 43.2 Å². The van der Waals surface area contributed by atoms with Crippen molar-refractivity contribution in [1.29, 1.82) is 0 Å². The van der Waals surface area contributed by atoms with Gasteiger partial charge in [0, 0.05) is 12.6 Å². The Balaban J connectivity index is 1.60. The van der Waals surface area contributed by atoms with Crippen molar-refractivity contribution in [3.05, 3.63) is 35.4 Å². The maximum atomic E-state index is 12.4. The highest BCUT2D eigenvalue weighted by atomic mass is 16.4. The highest BCUT2D eigenvalue weighted by molar-refractivity contribution is 5.80. The summed E-state index contributed by atoms with van der Waals surface area (Å²) in [6.07, 6.45) is 5.11. The zero-order valence-corrected chi connectivity index (χ0v) is 14.2. The molecule has 0 bridgehead atoms. The Kier molecular flexibility index (Phi) is 5.19. The highest BCUT2D eigenvalue weighted by Gasteiger charge is 2.45. The number of carbonyl (C=O) groups is 2. The minimum atomic E-state index is -0.795. The van der Waals surface area contributed by atoms with E-state index in [2.05, 4.69) is 5.32 Å². The number of benzene rings is 1. The molecule has 2 aliphatic rings. The van der Waals surface area contributed by atoms with Crippen molar-refractivity contribution in [3.63, 3.8) is 0 Å². The number of carboxylic acids is 1. The fourth-order valence-electron chi connectivity index (χ4n) is 4.27. The first-order valence-corrected chi connectivity index (χ1v) is 8.85. The van der Waals surface area contributed by atoms with E-state index in [0.717, 1.165) is 30.4 Å². The Morgan fingerprint density at radius 2 is 2.08 bits per heavy atom. The van der Waals surface area contributed by atoms with Crippen molar-refractivity contribution >= 4 is 11.9 Å². The van der Waals surface area contributed by atoms with Gasteiger partial charge in [-0.3, -0.25) is 14.5 Å². The third-order valence-corrected chi connectivity index (χ3v) is 5.40. The second-order valence-electron chi connectivity index (χ2n) is 7.14. The van der Waals surface area contributed by atoms with Crippen LogP contribution >= 0.6 is 0 Å². The van der Waals surface area contributed by atoms with Gasteiger partial charge in [0.2, 0.25) is 5.91 Å². The van der Waals surface area contributed by atoms with E-state index in [4.69, 9.17) is 0 Å². The Morgan fingerprint density at radius 1 is 1.29 bits per heavy atom. The molecule has 0 radical (unpaired) electrons. The van der Waals surface area contributed by atoms with Gasteiger partial charge in [-0.15, -0.1) is 0 Å². The number of carboxylic acid groups (broad SMARTS) is 1. The Morgan fingerprint density at radius 3 is 2.83 bits per heavy atom. The summed E-state index contributed by atoms with van der Waals surface area (Å²) < 4.78 is 0. The summed E-state index contributed by atoms with van der Waals surface area (Å²) in [6.45, 7) is 2.69. The van der Waals surface area contributed by atoms with E-state index >= 15 is 0 Å². The number of hydrogen-bond acceptors (Lipinski definition) is 3. The first-order chi connectivity index (χ1) is 11.5. The lowest BCUT2D eigenvalue weighted by Crippen LogP contribution is -2.47. The number of amides is 1. The average molecular weight is 330 g/mol. The summed E-state index contributed by atoms with van der Waals surface area (Å²) in [6, 6.07) is 7.78. The Bertz CT molecular complexity index is 616. The molecule has 2 N–H and O–H groups in total. The van der Waals surface area contributed by atoms with Gasteiger partial charge < -0.3 is 10.4 Å². The van der Waals surface area contributed by atoms with Crippen LogP contribution in [0.3, 0.4) is 0 Å². The minimum absolute atomic E-state index is 0.0889. The molecule has 1 aliphatic heterocycles. The van der Waals surface area contributed by atoms with E-state index < -0.39 is 12.0 Å². The maximum absolute atomic E-state index is 12.4. The van der Waals surface area contributed by atoms with Gasteiger partial charge in [-0.1, -0.05) is 42.7 Å². The second kappa shape index (κ2) is 7.34. The zero-order chi connectivity index (χ0) is 17.1. The third-order valence-electron chi connectivity index (χ3n) is 5.40. The van der Waals surface area contributed by atoms with Gasteiger partial charge in [0.15, 0.2) is 0 Å². The molecule has 1 aromatic rings. The van der Waals surface area contributed by atoms with E-state index in [0.29, 0.717) is 18.9 Å². The molecule has 1 amide bonds. The van der Waals surface area contributed by atoms with Crippen LogP contribution in [0.25, 0.3) is 0 Å². The van der Waals surface area contributed by atoms with Crippen LogP contribution in [0, 0.1) is 12.8 Å². The second-order valence-corrected chi connectivity index (χ2v) is 7.14. The molecule has 1 aliphatic carbocycles. The van der Waals surface area contributed by atoms with Gasteiger partial charge in [0.05, 0.1) is 6.54 Å². The molecule has 0 aromatic heterocycles. The molecule has 3 unspecified atom stereocenters. The smallest absolute Gasteiger partial charge is 0.320 e. The predicted molar refractivity (Wildman–Crippen MR) is 91.5 cm³/mol. The molecular weight excluding hydrogens is 304 g/mol. The molecule has 3 atom stereocenters. The van der Waals surface area contributed by atoms with E-state index in [1.54, 1.807) is 0 Å². The summed E-state index contributed by atoms with van der Waals surface area (Å²) >= 11 is 0. The van der Waals surface area contributed by atoms with Crippen LogP contribution in [-0.2, 0) is 16.1 Å². The zero-order valence-electron chi connectivity index (χ0n) is 14.2. The van der Waals surface area contributed by atoms with Crippen molar-refractivity contribution in [2.45, 2.75) is 57.7 Å². The molecule has 2 fully saturated rings. The number of fused-ring (bicyclic) bond motifs is 1. The molecule has 1 heterocycles. The molecule has 1 saturated heterocycles. The molecule has 24 heavy (non-hydrogen) atoms. The van der Waals surface area contributed by atoms with Gasteiger partial charge in [0.25, 0.3) is 0 Å². The van der Waals surface area contributed by atoms with Gasteiger partial charge in [0.1, 0.15) is 6.04 Å². The van der Waals surface area contributed by atoms with Crippen molar-refractivity contribution < 1.29 is 14.7 Å². The summed E-state index contributed by atoms with van der Waals surface area (Å²) in [7, 11) is 0. The van der Waals surface area contributed by atoms with Crippen LogP contribution in [0.2, 0.25) is 0 Å². The quantitative estimate of drug-likeness (QED) is 0.869. The van der Waals surface area contributed by atoms with Crippen LogP contribution < -0.4 is 5.32 Å². The van der Waals surface area contributed by atoms with Gasteiger partial charge >= 0.3 is 5.97 Å². The predicted octanol–water partition coefficient (Wildman–Crippen LogP) is 2.33. The molecule has 5 nitrogen and oxygen atoms in total. The highest BCUT2D eigenvalue weighted by Crippen LogP contribution is 2.39. The lowest BCUT2D eigenvalue weighted by molar-refractivity contribution is -0.143. The fourth-order valence-corrected chi connectivity index (χ4v) is 4.27. The average Bonchev–Trinajstić information content (AvgIpc) is 2.92. The summed E-state index contributed by atoms with van der Waals surface area (Å²) in [5.74, 6) is -0.450. The van der Waals surface area contributed by atoms with E-state index in [9.17, 15) is 14.7 Å². The number of carbonyl (C=O) groups excluding carboxylic acids is 1. The van der Waals surface area contributed by atoms with Crippen LogP contribution in [0.4, 0.5) is 0 Å². The number of aryl methyl sites for hydroxylation is 1. The van der Waals surface area contributed by atoms with Crippen molar-refractivity contribution in [1.82, 2.24) is 10.2 Å². The maximum Gasteiger partial charge on any atom is 0.320 e. The molecule has 3 rings (SSSR count). The summed E-state index contributed by atoms with van der Waals surface area (Å²) in [5, 5.41) is 12.4. The Hall–Kier alpha value is -1.88. The van der Waals surface area contributed by atoms with E-state index in [1.165, 1.54) is 6.42 Å². The van der Waals surface area contributed by atoms with E-state index in [-0.39, 0.29) is 18.5 Å². The minimum Gasteiger partial charge on any atom is -0.480 e. The van der Waals surface area contributed by atoms with E-state index in [1.807, 2.05) is 36.1 Å². The molecule has 1 saturated carbocycles. The standard InChI is InChI=1S/C19H26N2O3/c1-13-5-4-6-14(9-13)11-20-18(22)12-21-16-8-3-2-7-15(16)10-17(21)19(23)24/h4-6,9,15-17H,2-3,7-8,10-12H2,1H3,(H,20,22)(H,23,24). The first kappa shape index (κ1) is 17.0. The lowest BCUT2D eigenvalue weighted by Gasteiger charge is -2.32. The van der Waals surface area contributed by atoms with Gasteiger partial charge in [-0.25, -0.2) is 0 Å². The topological polar surface area (TPSA) is 69.6 Å². The largest absolute Gasteiger partial charge is 0.480 e. The van der Waals surface area contributed by atoms with Crippen LogP contribution in [-0.4, -0.2) is 40.5 Å². The van der Waals surface area contributed by atoms with Crippen molar-refractivity contribution in [2.75, 3.05) is 6.54 Å². The van der Waals surface area contributed by atoms with Gasteiger partial charge in [-0.2, -0.15) is 0 Å². The number of hydrogen-bond donors (Lipinski definition) is 2. The fraction of sp³-hybridized carbons (Fsp3) is 0.579. The SMILES string of the molecule is Cc1cccc(CNC(=O)CN2C(C(=O)O)CC3CCCCC32)c1. The lowest BCUT2D eigenvalue weighted by atomic mass is 9.85. The monoisotopic (exact) mass is 330 g/mol. The van der Waals surface area contributed by atoms with Crippen molar-refractivity contribution in [3.8, 4) is 0 Å². The van der Waals surface area contributed by atoms with Crippen LogP contribution in [0.15, 0.2) is 24.3 Å². The molecule has 1 aromatic carbocycles. The summed E-state index contributed by atoms with van der Waals surface area (Å²) in [4.78, 5) is 25.9. The number of nitrogens with zero attached hydrogens (tertiary/aromatic N) is 1. The van der Waals surface area contributed by atoms with Gasteiger partial charge in [-0.05, 0) is 37.7 Å². The number of rotatable bonds is 5. The molecule has 0 spiro atoms. The van der Waals surface area contributed by atoms with Crippen LogP contribution in [0.5, 0.6) is 0 Å². The number of aliphatic carboxylic acids is 1. The summed E-state index contributed by atoms with van der Waals surface area (Å²) in [5.41, 5.74) is 2.23. The number of likely N-dealkylation sites (tertiary alicyclic amines) is 1. The third kappa shape index (κ3) is 3.78. The molecule has 5 heteroatoms. The van der Waals surface area contributed by atoms with Crippen molar-refractivity contribution in [2.24, 2.45) is 5.92 Å². The normalized spacial score (nSPS) is 26.8. The molecule has 130 valence electrons. The molecular formula is C19H26N2O3. The first-order valence-electron chi connectivity index (χ1n) is 8.85.